The molecule has 3 rings (SSSR count). The van der Waals surface area contributed by atoms with Crippen LogP contribution in [-0.4, -0.2) is 15.5 Å². The van der Waals surface area contributed by atoms with Gasteiger partial charge in [-0.2, -0.15) is 0 Å². The summed E-state index contributed by atoms with van der Waals surface area (Å²) in [6.07, 6.45) is 3.62. The highest BCUT2D eigenvalue weighted by atomic mass is 35.5. The lowest BCUT2D eigenvalue weighted by atomic mass is 10.1. The first-order valence-electron chi connectivity index (χ1n) is 7.77. The van der Waals surface area contributed by atoms with E-state index in [1.54, 1.807) is 18.3 Å². The molecule has 0 bridgehead atoms. The number of carbonyl (C=O) groups excluding carboxylic acids is 1. The molecule has 0 saturated carbocycles. The van der Waals surface area contributed by atoms with Gasteiger partial charge < -0.3 is 9.88 Å². The van der Waals surface area contributed by atoms with Crippen LogP contribution < -0.4 is 5.32 Å². The van der Waals surface area contributed by atoms with Gasteiger partial charge in [-0.15, -0.1) is 0 Å². The number of halogens is 1. The number of aryl methyl sites for hydroxylation is 3. The highest BCUT2D eigenvalue weighted by Crippen LogP contribution is 2.34. The Balaban J connectivity index is 1.91. The summed E-state index contributed by atoms with van der Waals surface area (Å²) < 4.78 is 1.93. The number of hydrogen-bond donors (Lipinski definition) is 1. The number of imidazole rings is 1. The van der Waals surface area contributed by atoms with Crippen LogP contribution >= 0.6 is 23.4 Å². The maximum atomic E-state index is 12.7. The van der Waals surface area contributed by atoms with Crippen LogP contribution in [0.4, 0.5) is 5.69 Å². The Labute approximate surface area is 156 Å². The van der Waals surface area contributed by atoms with Gasteiger partial charge in [0.25, 0.3) is 5.91 Å². The van der Waals surface area contributed by atoms with Gasteiger partial charge in [-0.05, 0) is 55.4 Å². The average Bonchev–Trinajstić information content (AvgIpc) is 2.97. The number of nitrogens with zero attached hydrogens (tertiary/aromatic N) is 2. The summed E-state index contributed by atoms with van der Waals surface area (Å²) in [7, 11) is 1.93. The van der Waals surface area contributed by atoms with Crippen LogP contribution in [0.25, 0.3) is 0 Å². The Kier molecular flexibility index (Phi) is 5.16. The fraction of sp³-hybridized carbons (Fsp3) is 0.158. The third-order valence-corrected chi connectivity index (χ3v) is 5.19. The van der Waals surface area contributed by atoms with Crippen molar-refractivity contribution in [1.29, 1.82) is 0 Å². The first-order valence-corrected chi connectivity index (χ1v) is 8.97. The van der Waals surface area contributed by atoms with Crippen molar-refractivity contribution in [2.24, 2.45) is 7.05 Å². The van der Waals surface area contributed by atoms with E-state index in [0.717, 1.165) is 21.2 Å². The molecule has 2 aromatic carbocycles. The predicted molar refractivity (Wildman–Crippen MR) is 103 cm³/mol. The number of carbonyl (C=O) groups is 1. The van der Waals surface area contributed by atoms with Gasteiger partial charge in [-0.1, -0.05) is 29.3 Å². The van der Waals surface area contributed by atoms with Crippen molar-refractivity contribution in [1.82, 2.24) is 9.55 Å². The molecular formula is C19H18ClN3OS. The average molecular weight is 372 g/mol. The third kappa shape index (κ3) is 4.06. The van der Waals surface area contributed by atoms with Gasteiger partial charge >= 0.3 is 0 Å². The highest BCUT2D eigenvalue weighted by molar-refractivity contribution is 7.99. The Bertz CT molecular complexity index is 936. The fourth-order valence-corrected chi connectivity index (χ4v) is 3.45. The maximum absolute atomic E-state index is 12.7. The second kappa shape index (κ2) is 7.33. The Morgan fingerprint density at radius 1 is 1.20 bits per heavy atom. The quantitative estimate of drug-likeness (QED) is 0.694. The molecule has 0 unspecified atom stereocenters. The minimum Gasteiger partial charge on any atom is -0.329 e. The molecule has 0 radical (unpaired) electrons. The van der Waals surface area contributed by atoms with E-state index < -0.39 is 0 Å². The smallest absolute Gasteiger partial charge is 0.255 e. The molecule has 25 heavy (non-hydrogen) atoms. The van der Waals surface area contributed by atoms with Gasteiger partial charge in [0, 0.05) is 34.9 Å². The first-order chi connectivity index (χ1) is 11.9. The molecule has 0 spiro atoms. The van der Waals surface area contributed by atoms with Gasteiger partial charge in [0.05, 0.1) is 5.69 Å². The van der Waals surface area contributed by atoms with E-state index in [2.05, 4.69) is 10.3 Å². The zero-order valence-corrected chi connectivity index (χ0v) is 15.8. The minimum absolute atomic E-state index is 0.148. The summed E-state index contributed by atoms with van der Waals surface area (Å²) in [5.74, 6) is -0.148. The molecule has 0 atom stereocenters. The fourth-order valence-electron chi connectivity index (χ4n) is 2.41. The van der Waals surface area contributed by atoms with Crippen LogP contribution in [-0.2, 0) is 7.05 Å². The molecule has 0 aliphatic carbocycles. The minimum atomic E-state index is -0.148. The lowest BCUT2D eigenvalue weighted by Crippen LogP contribution is -2.14. The van der Waals surface area contributed by atoms with Crippen LogP contribution in [0, 0.1) is 13.8 Å². The second-order valence-corrected chi connectivity index (χ2v) is 7.28. The van der Waals surface area contributed by atoms with Crippen molar-refractivity contribution in [3.05, 3.63) is 70.5 Å². The van der Waals surface area contributed by atoms with Gasteiger partial charge in [-0.3, -0.25) is 4.79 Å². The maximum Gasteiger partial charge on any atom is 0.255 e. The monoisotopic (exact) mass is 371 g/mol. The first kappa shape index (κ1) is 17.6. The van der Waals surface area contributed by atoms with Crippen molar-refractivity contribution in [2.75, 3.05) is 5.32 Å². The number of nitrogens with one attached hydrogen (secondary N) is 1. The van der Waals surface area contributed by atoms with Gasteiger partial charge in [0.15, 0.2) is 5.16 Å². The zero-order valence-electron chi connectivity index (χ0n) is 14.2. The van der Waals surface area contributed by atoms with E-state index in [9.17, 15) is 4.79 Å². The molecular weight excluding hydrogens is 354 g/mol. The van der Waals surface area contributed by atoms with E-state index in [4.69, 9.17) is 11.6 Å². The summed E-state index contributed by atoms with van der Waals surface area (Å²) in [6, 6.07) is 11.3. The molecule has 1 heterocycles. The number of hydrogen-bond acceptors (Lipinski definition) is 3. The van der Waals surface area contributed by atoms with E-state index in [-0.39, 0.29) is 5.91 Å². The van der Waals surface area contributed by atoms with Crippen molar-refractivity contribution in [3.63, 3.8) is 0 Å². The summed E-state index contributed by atoms with van der Waals surface area (Å²) >= 11 is 7.61. The predicted octanol–water partition coefficient (Wildman–Crippen LogP) is 5.09. The SMILES string of the molecule is Cc1ccc(C)c(C(=O)Nc2cc(Cl)ccc2Sc2nccn2C)c1. The summed E-state index contributed by atoms with van der Waals surface area (Å²) in [5.41, 5.74) is 3.31. The molecule has 3 aromatic rings. The van der Waals surface area contributed by atoms with Crippen molar-refractivity contribution in [2.45, 2.75) is 23.9 Å². The van der Waals surface area contributed by atoms with Crippen LogP contribution in [0.15, 0.2) is 58.8 Å². The van der Waals surface area contributed by atoms with Crippen LogP contribution in [0.3, 0.4) is 0 Å². The molecule has 6 heteroatoms. The molecule has 0 fully saturated rings. The number of aromatic nitrogens is 2. The van der Waals surface area contributed by atoms with Crippen LogP contribution in [0.1, 0.15) is 21.5 Å². The van der Waals surface area contributed by atoms with E-state index in [1.807, 2.05) is 55.9 Å². The largest absolute Gasteiger partial charge is 0.329 e. The number of benzene rings is 2. The van der Waals surface area contributed by atoms with E-state index >= 15 is 0 Å². The molecule has 1 N–H and O–H groups in total. The molecule has 0 saturated heterocycles. The molecule has 4 nitrogen and oxygen atoms in total. The Morgan fingerprint density at radius 3 is 2.72 bits per heavy atom. The molecule has 0 aliphatic rings. The number of rotatable bonds is 4. The second-order valence-electron chi connectivity index (χ2n) is 5.84. The van der Waals surface area contributed by atoms with Gasteiger partial charge in [-0.25, -0.2) is 4.98 Å². The summed E-state index contributed by atoms with van der Waals surface area (Å²) in [4.78, 5) is 17.9. The Morgan fingerprint density at radius 2 is 2.00 bits per heavy atom. The summed E-state index contributed by atoms with van der Waals surface area (Å²) in [6.45, 7) is 3.90. The lowest BCUT2D eigenvalue weighted by Gasteiger charge is -2.13. The van der Waals surface area contributed by atoms with E-state index in [0.29, 0.717) is 16.3 Å². The highest BCUT2D eigenvalue weighted by Gasteiger charge is 2.14. The number of anilines is 1. The Hall–Kier alpha value is -2.24. The van der Waals surface area contributed by atoms with Crippen molar-refractivity contribution >= 4 is 35.0 Å². The van der Waals surface area contributed by atoms with Crippen molar-refractivity contribution in [3.8, 4) is 0 Å². The third-order valence-electron chi connectivity index (χ3n) is 3.81. The van der Waals surface area contributed by atoms with Crippen LogP contribution in [0.5, 0.6) is 0 Å². The summed E-state index contributed by atoms with van der Waals surface area (Å²) in [5, 5.41) is 4.39. The lowest BCUT2D eigenvalue weighted by molar-refractivity contribution is 0.102. The molecule has 0 aliphatic heterocycles. The number of amides is 1. The zero-order chi connectivity index (χ0) is 18.0. The van der Waals surface area contributed by atoms with Gasteiger partial charge in [0.2, 0.25) is 0 Å². The molecule has 1 amide bonds. The van der Waals surface area contributed by atoms with E-state index in [1.165, 1.54) is 11.8 Å². The van der Waals surface area contributed by atoms with Crippen molar-refractivity contribution < 1.29 is 4.79 Å². The van der Waals surface area contributed by atoms with Crippen LogP contribution in [0.2, 0.25) is 5.02 Å². The molecule has 128 valence electrons. The topological polar surface area (TPSA) is 46.9 Å². The van der Waals surface area contributed by atoms with Gasteiger partial charge in [0.1, 0.15) is 0 Å². The molecule has 1 aromatic heterocycles. The standard InChI is InChI=1S/C19H18ClN3OS/c1-12-4-5-13(2)15(10-12)18(24)22-16-11-14(20)6-7-17(16)25-19-21-8-9-23(19)3/h4-11H,1-3H3,(H,22,24). The normalized spacial score (nSPS) is 10.7.